The Hall–Kier alpha value is -3.36. The normalized spacial score (nSPS) is 13.0. The Kier molecular flexibility index (Phi) is 4.96. The Labute approximate surface area is 166 Å². The SMILES string of the molecule is O=c1[nH]/c(=C\c2nc3ccccc3s2)s/c1=C\C=C\c1ccccc1[N+](=O)[O-]. The molecule has 2 aromatic heterocycles. The molecule has 0 unspecified atom stereocenters. The van der Waals surface area contributed by atoms with Crippen molar-refractivity contribution < 1.29 is 4.92 Å². The first-order valence-corrected chi connectivity index (χ1v) is 9.92. The highest BCUT2D eigenvalue weighted by atomic mass is 32.1. The number of fused-ring (bicyclic) bond motifs is 1. The van der Waals surface area contributed by atoms with Crippen molar-refractivity contribution in [1.29, 1.82) is 0 Å². The van der Waals surface area contributed by atoms with Crippen LogP contribution in [0.2, 0.25) is 0 Å². The molecule has 0 radical (unpaired) electrons. The lowest BCUT2D eigenvalue weighted by Gasteiger charge is -1.94. The number of hydrogen-bond acceptors (Lipinski definition) is 6. The molecule has 0 atom stereocenters. The van der Waals surface area contributed by atoms with Gasteiger partial charge in [-0.05, 0) is 30.4 Å². The first kappa shape index (κ1) is 18.0. The Morgan fingerprint density at radius 3 is 2.68 bits per heavy atom. The minimum Gasteiger partial charge on any atom is -0.313 e. The molecule has 4 aromatic rings. The van der Waals surface area contributed by atoms with Gasteiger partial charge in [-0.3, -0.25) is 14.9 Å². The molecule has 2 aromatic carbocycles. The molecular weight excluding hydrogens is 394 g/mol. The van der Waals surface area contributed by atoms with Crippen LogP contribution in [0.1, 0.15) is 10.6 Å². The van der Waals surface area contributed by atoms with Crippen LogP contribution in [0.3, 0.4) is 0 Å². The number of allylic oxidation sites excluding steroid dienone is 1. The van der Waals surface area contributed by atoms with Crippen molar-refractivity contribution in [3.05, 3.63) is 94.8 Å². The average molecular weight is 407 g/mol. The second-order valence-corrected chi connectivity index (χ2v) is 7.94. The third-order valence-electron chi connectivity index (χ3n) is 3.90. The Morgan fingerprint density at radius 1 is 1.07 bits per heavy atom. The Morgan fingerprint density at radius 2 is 1.86 bits per heavy atom. The first-order chi connectivity index (χ1) is 13.6. The quantitative estimate of drug-likeness (QED) is 0.415. The Balaban J connectivity index is 1.66. The summed E-state index contributed by atoms with van der Waals surface area (Å²) in [5, 5.41) is 11.9. The van der Waals surface area contributed by atoms with Crippen LogP contribution in [0.15, 0.2) is 59.4 Å². The lowest BCUT2D eigenvalue weighted by Crippen LogP contribution is -2.19. The number of nitrogens with one attached hydrogen (secondary N) is 1. The van der Waals surface area contributed by atoms with Gasteiger partial charge in [0, 0.05) is 12.1 Å². The van der Waals surface area contributed by atoms with E-state index in [0.29, 0.717) is 14.8 Å². The highest BCUT2D eigenvalue weighted by Crippen LogP contribution is 2.21. The molecule has 28 heavy (non-hydrogen) atoms. The zero-order chi connectivity index (χ0) is 19.5. The minimum atomic E-state index is -0.428. The topological polar surface area (TPSA) is 88.9 Å². The van der Waals surface area contributed by atoms with Crippen LogP contribution in [0, 0.1) is 10.1 Å². The lowest BCUT2D eigenvalue weighted by molar-refractivity contribution is -0.385. The van der Waals surface area contributed by atoms with E-state index in [1.54, 1.807) is 47.8 Å². The van der Waals surface area contributed by atoms with Crippen molar-refractivity contribution in [3.8, 4) is 0 Å². The average Bonchev–Trinajstić information content (AvgIpc) is 3.24. The number of rotatable bonds is 4. The van der Waals surface area contributed by atoms with Gasteiger partial charge in [0.1, 0.15) is 5.01 Å². The number of nitro groups is 1. The predicted octanol–water partition coefficient (Wildman–Crippen LogP) is 3.28. The van der Waals surface area contributed by atoms with Crippen LogP contribution >= 0.6 is 22.7 Å². The molecule has 138 valence electrons. The number of nitro benzene ring substituents is 1. The second kappa shape index (κ2) is 7.71. The molecule has 8 heteroatoms. The molecule has 0 bridgehead atoms. The van der Waals surface area contributed by atoms with Gasteiger partial charge in [-0.15, -0.1) is 22.7 Å². The van der Waals surface area contributed by atoms with Crippen LogP contribution in [0.4, 0.5) is 5.69 Å². The molecular formula is C20H13N3O3S2. The van der Waals surface area contributed by atoms with Gasteiger partial charge in [-0.1, -0.05) is 30.3 Å². The van der Waals surface area contributed by atoms with E-state index in [0.717, 1.165) is 15.2 Å². The lowest BCUT2D eigenvalue weighted by atomic mass is 10.1. The zero-order valence-electron chi connectivity index (χ0n) is 14.4. The summed E-state index contributed by atoms with van der Waals surface area (Å²) in [5.74, 6) is 0. The second-order valence-electron chi connectivity index (χ2n) is 5.79. The number of aromatic nitrogens is 2. The van der Waals surface area contributed by atoms with E-state index in [4.69, 9.17) is 0 Å². The number of hydrogen-bond donors (Lipinski definition) is 1. The summed E-state index contributed by atoms with van der Waals surface area (Å²) < 4.78 is 2.31. The monoisotopic (exact) mass is 407 g/mol. The molecule has 0 aliphatic heterocycles. The number of benzene rings is 2. The maximum atomic E-state index is 12.2. The van der Waals surface area contributed by atoms with Crippen LogP contribution in [-0.4, -0.2) is 14.9 Å². The molecule has 0 saturated carbocycles. The van der Waals surface area contributed by atoms with Crippen molar-refractivity contribution >= 4 is 56.8 Å². The molecule has 0 spiro atoms. The zero-order valence-corrected chi connectivity index (χ0v) is 16.0. The van der Waals surface area contributed by atoms with Gasteiger partial charge in [0.05, 0.1) is 29.9 Å². The van der Waals surface area contributed by atoms with Crippen molar-refractivity contribution in [3.63, 3.8) is 0 Å². The maximum absolute atomic E-state index is 12.2. The van der Waals surface area contributed by atoms with Gasteiger partial charge in [-0.2, -0.15) is 0 Å². The van der Waals surface area contributed by atoms with E-state index in [1.165, 1.54) is 17.4 Å². The fourth-order valence-corrected chi connectivity index (χ4v) is 4.46. The van der Waals surface area contributed by atoms with Gasteiger partial charge in [0.25, 0.3) is 11.2 Å². The van der Waals surface area contributed by atoms with E-state index in [2.05, 4.69) is 9.97 Å². The van der Waals surface area contributed by atoms with Gasteiger partial charge >= 0.3 is 0 Å². The summed E-state index contributed by atoms with van der Waals surface area (Å²) in [4.78, 5) is 30.1. The van der Waals surface area contributed by atoms with Crippen LogP contribution < -0.4 is 14.8 Å². The summed E-state index contributed by atoms with van der Waals surface area (Å²) >= 11 is 2.87. The predicted molar refractivity (Wildman–Crippen MR) is 114 cm³/mol. The van der Waals surface area contributed by atoms with Crippen LogP contribution in [-0.2, 0) is 0 Å². The molecule has 0 aliphatic rings. The van der Waals surface area contributed by atoms with Gasteiger partial charge in [0.2, 0.25) is 0 Å². The molecule has 4 rings (SSSR count). The fourth-order valence-electron chi connectivity index (χ4n) is 2.64. The number of para-hydroxylation sites is 2. The highest BCUT2D eigenvalue weighted by molar-refractivity contribution is 7.19. The van der Waals surface area contributed by atoms with Crippen LogP contribution in [0.5, 0.6) is 0 Å². The number of thiazole rings is 2. The molecule has 1 N–H and O–H groups in total. The molecule has 0 fully saturated rings. The van der Waals surface area contributed by atoms with Crippen molar-refractivity contribution in [2.45, 2.75) is 0 Å². The third kappa shape index (κ3) is 3.83. The number of nitrogens with zero attached hydrogens (tertiary/aromatic N) is 2. The largest absolute Gasteiger partial charge is 0.313 e. The summed E-state index contributed by atoms with van der Waals surface area (Å²) in [6.45, 7) is 0. The Bertz CT molecular complexity index is 1350. The standard InChI is InChI=1S/C20H13N3O3S2/c24-20-17(11-5-7-13-6-1-3-9-15(13)23(25)26)28-19(22-20)12-18-21-14-8-2-4-10-16(14)27-18/h1-12H,(H,22,24)/b7-5+,17-11-,19-12+. The van der Waals surface area contributed by atoms with Crippen molar-refractivity contribution in [2.75, 3.05) is 0 Å². The fraction of sp³-hybridized carbons (Fsp3) is 0. The molecule has 6 nitrogen and oxygen atoms in total. The van der Waals surface area contributed by atoms with E-state index in [-0.39, 0.29) is 11.2 Å². The van der Waals surface area contributed by atoms with E-state index in [9.17, 15) is 14.9 Å². The number of aromatic amines is 1. The van der Waals surface area contributed by atoms with Gasteiger partial charge in [-0.25, -0.2) is 4.98 Å². The van der Waals surface area contributed by atoms with Crippen molar-refractivity contribution in [2.24, 2.45) is 0 Å². The van der Waals surface area contributed by atoms with E-state index >= 15 is 0 Å². The van der Waals surface area contributed by atoms with Gasteiger partial charge < -0.3 is 4.98 Å². The molecule has 0 amide bonds. The van der Waals surface area contributed by atoms with Gasteiger partial charge in [0.15, 0.2) is 0 Å². The van der Waals surface area contributed by atoms with E-state index in [1.807, 2.05) is 30.3 Å². The summed E-state index contributed by atoms with van der Waals surface area (Å²) in [6, 6.07) is 14.3. The molecule has 2 heterocycles. The summed E-state index contributed by atoms with van der Waals surface area (Å²) in [6.07, 6.45) is 6.76. The third-order valence-corrected chi connectivity index (χ3v) is 5.87. The summed E-state index contributed by atoms with van der Waals surface area (Å²) in [7, 11) is 0. The van der Waals surface area contributed by atoms with Crippen LogP contribution in [0.25, 0.3) is 28.4 Å². The maximum Gasteiger partial charge on any atom is 0.276 e. The van der Waals surface area contributed by atoms with Crippen molar-refractivity contribution in [1.82, 2.24) is 9.97 Å². The van der Waals surface area contributed by atoms with E-state index < -0.39 is 4.92 Å². The smallest absolute Gasteiger partial charge is 0.276 e. The molecule has 0 saturated heterocycles. The number of H-pyrrole nitrogens is 1. The minimum absolute atomic E-state index is 0.0251. The summed E-state index contributed by atoms with van der Waals surface area (Å²) in [5.41, 5.74) is 1.23. The molecule has 0 aliphatic carbocycles. The first-order valence-electron chi connectivity index (χ1n) is 8.28. The highest BCUT2D eigenvalue weighted by Gasteiger charge is 2.08.